The van der Waals surface area contributed by atoms with E-state index in [4.69, 9.17) is 5.11 Å². The van der Waals surface area contributed by atoms with Gasteiger partial charge in [-0.15, -0.1) is 0 Å². The quantitative estimate of drug-likeness (QED) is 0.802. The van der Waals surface area contributed by atoms with Gasteiger partial charge < -0.3 is 10.4 Å². The van der Waals surface area contributed by atoms with E-state index >= 15 is 0 Å². The van der Waals surface area contributed by atoms with Crippen LogP contribution >= 0.6 is 0 Å². The first kappa shape index (κ1) is 15.0. The Labute approximate surface area is 123 Å². The van der Waals surface area contributed by atoms with Gasteiger partial charge in [-0.25, -0.2) is 0 Å². The Hall–Kier alpha value is -2.36. The van der Waals surface area contributed by atoms with E-state index in [0.717, 1.165) is 16.3 Å². The third-order valence-corrected chi connectivity index (χ3v) is 3.53. The number of carboxylic acid groups (broad SMARTS) is 1. The van der Waals surface area contributed by atoms with Crippen molar-refractivity contribution < 1.29 is 14.7 Å². The molecule has 1 atom stereocenters. The van der Waals surface area contributed by atoms with Gasteiger partial charge in [0.15, 0.2) is 0 Å². The number of benzene rings is 2. The summed E-state index contributed by atoms with van der Waals surface area (Å²) in [5, 5.41) is 13.6. The zero-order valence-electron chi connectivity index (χ0n) is 12.0. The lowest BCUT2D eigenvalue weighted by Gasteiger charge is -2.13. The Morgan fingerprint density at radius 3 is 2.57 bits per heavy atom. The Bertz CT molecular complexity index is 651. The molecule has 0 aromatic heterocycles. The molecule has 0 bridgehead atoms. The molecule has 21 heavy (non-hydrogen) atoms. The summed E-state index contributed by atoms with van der Waals surface area (Å²) in [6.07, 6.45) is 0.524. The number of nitrogens with one attached hydrogen (secondary N) is 1. The molecule has 2 rings (SSSR count). The molecule has 0 aliphatic heterocycles. The molecule has 2 aromatic rings. The molecule has 0 radical (unpaired) electrons. The highest BCUT2D eigenvalue weighted by Gasteiger charge is 2.15. The lowest BCUT2D eigenvalue weighted by atomic mass is 9.97. The van der Waals surface area contributed by atoms with Gasteiger partial charge in [0, 0.05) is 13.0 Å². The van der Waals surface area contributed by atoms with Gasteiger partial charge in [0.1, 0.15) is 0 Å². The minimum Gasteiger partial charge on any atom is -0.481 e. The highest BCUT2D eigenvalue weighted by Crippen LogP contribution is 2.21. The van der Waals surface area contributed by atoms with Crippen LogP contribution in [0.5, 0.6) is 0 Å². The van der Waals surface area contributed by atoms with Crippen LogP contribution in [0.3, 0.4) is 0 Å². The molecule has 4 heteroatoms. The molecule has 1 unspecified atom stereocenters. The normalized spacial score (nSPS) is 12.0. The average Bonchev–Trinajstić information content (AvgIpc) is 2.50. The van der Waals surface area contributed by atoms with Crippen molar-refractivity contribution in [1.29, 1.82) is 0 Å². The molecule has 0 aliphatic rings. The minimum atomic E-state index is -0.841. The average molecular weight is 285 g/mol. The van der Waals surface area contributed by atoms with E-state index in [1.807, 2.05) is 49.4 Å². The zero-order valence-corrected chi connectivity index (χ0v) is 12.0. The number of rotatable bonds is 6. The molecule has 110 valence electrons. The van der Waals surface area contributed by atoms with E-state index in [0.29, 0.717) is 13.0 Å². The van der Waals surface area contributed by atoms with Gasteiger partial charge >= 0.3 is 5.97 Å². The van der Waals surface area contributed by atoms with Gasteiger partial charge in [0.05, 0.1) is 5.92 Å². The third-order valence-electron chi connectivity index (χ3n) is 3.53. The maximum Gasteiger partial charge on any atom is 0.303 e. The predicted octanol–water partition coefficient (Wildman–Crippen LogP) is 2.92. The molecule has 0 aliphatic carbocycles. The van der Waals surface area contributed by atoms with Crippen molar-refractivity contribution in [2.75, 3.05) is 6.54 Å². The predicted molar refractivity (Wildman–Crippen MR) is 82.2 cm³/mol. The van der Waals surface area contributed by atoms with Crippen LogP contribution in [-0.4, -0.2) is 23.5 Å². The fourth-order valence-electron chi connectivity index (χ4n) is 2.23. The molecule has 0 saturated carbocycles. The summed E-state index contributed by atoms with van der Waals surface area (Å²) in [6.45, 7) is 2.25. The molecule has 0 saturated heterocycles. The Kier molecular flexibility index (Phi) is 4.93. The van der Waals surface area contributed by atoms with Gasteiger partial charge in [-0.2, -0.15) is 0 Å². The highest BCUT2D eigenvalue weighted by molar-refractivity contribution is 5.87. The first-order chi connectivity index (χ1) is 10.1. The third kappa shape index (κ3) is 4.05. The van der Waals surface area contributed by atoms with Gasteiger partial charge in [-0.1, -0.05) is 42.5 Å². The Morgan fingerprint density at radius 1 is 1.14 bits per heavy atom. The summed E-state index contributed by atoms with van der Waals surface area (Å²) in [5.41, 5.74) is 0.962. The number of carboxylic acids is 1. The first-order valence-electron chi connectivity index (χ1n) is 7.06. The van der Waals surface area contributed by atoms with E-state index in [2.05, 4.69) is 5.32 Å². The number of amides is 1. The number of hydrogen-bond donors (Lipinski definition) is 2. The molecule has 2 N–H and O–H groups in total. The number of hydrogen-bond acceptors (Lipinski definition) is 2. The molecule has 4 nitrogen and oxygen atoms in total. The summed E-state index contributed by atoms with van der Waals surface area (Å²) in [5.74, 6) is -1.16. The van der Waals surface area contributed by atoms with Gasteiger partial charge in [0.2, 0.25) is 5.91 Å². The van der Waals surface area contributed by atoms with Crippen LogP contribution in [0.1, 0.15) is 31.2 Å². The van der Waals surface area contributed by atoms with Crippen molar-refractivity contribution in [2.24, 2.45) is 0 Å². The lowest BCUT2D eigenvalue weighted by Crippen LogP contribution is -2.29. The molecule has 0 spiro atoms. The fraction of sp³-hybridized carbons (Fsp3) is 0.294. The van der Waals surface area contributed by atoms with Gasteiger partial charge in [-0.05, 0) is 29.7 Å². The largest absolute Gasteiger partial charge is 0.481 e. The second-order valence-corrected chi connectivity index (χ2v) is 5.12. The second-order valence-electron chi connectivity index (χ2n) is 5.12. The number of fused-ring (bicyclic) bond motifs is 1. The topological polar surface area (TPSA) is 66.4 Å². The monoisotopic (exact) mass is 285 g/mol. The standard InChI is InChI=1S/C17H19NO3/c1-12(17(21)18-10-4-7-16(19)20)14-9-8-13-5-2-3-6-15(13)11-14/h2-3,5-6,8-9,11-12H,4,7,10H2,1H3,(H,18,21)(H,19,20). The van der Waals surface area contributed by atoms with E-state index < -0.39 is 5.97 Å². The number of carbonyl (C=O) groups excluding carboxylic acids is 1. The van der Waals surface area contributed by atoms with Crippen LogP contribution in [-0.2, 0) is 9.59 Å². The first-order valence-corrected chi connectivity index (χ1v) is 7.06. The van der Waals surface area contributed by atoms with Crippen LogP contribution in [0, 0.1) is 0 Å². The number of carbonyl (C=O) groups is 2. The van der Waals surface area contributed by atoms with E-state index in [1.165, 1.54) is 0 Å². The fourth-order valence-corrected chi connectivity index (χ4v) is 2.23. The molecular formula is C17H19NO3. The van der Waals surface area contributed by atoms with Crippen molar-refractivity contribution in [1.82, 2.24) is 5.32 Å². The molecule has 1 amide bonds. The highest BCUT2D eigenvalue weighted by atomic mass is 16.4. The summed E-state index contributed by atoms with van der Waals surface area (Å²) in [4.78, 5) is 22.5. The molecule has 2 aromatic carbocycles. The van der Waals surface area contributed by atoms with Crippen LogP contribution in [0.4, 0.5) is 0 Å². The van der Waals surface area contributed by atoms with Crippen molar-refractivity contribution in [2.45, 2.75) is 25.7 Å². The second kappa shape index (κ2) is 6.88. The van der Waals surface area contributed by atoms with Crippen molar-refractivity contribution in [3.8, 4) is 0 Å². The summed E-state index contributed by atoms with van der Waals surface area (Å²) in [7, 11) is 0. The van der Waals surface area contributed by atoms with Crippen LogP contribution < -0.4 is 5.32 Å². The zero-order chi connectivity index (χ0) is 15.2. The Morgan fingerprint density at radius 2 is 1.86 bits per heavy atom. The lowest BCUT2D eigenvalue weighted by molar-refractivity contribution is -0.137. The molecule has 0 fully saturated rings. The molecule has 0 heterocycles. The maximum absolute atomic E-state index is 12.1. The summed E-state index contributed by atoms with van der Waals surface area (Å²) >= 11 is 0. The van der Waals surface area contributed by atoms with Crippen molar-refractivity contribution in [3.05, 3.63) is 48.0 Å². The van der Waals surface area contributed by atoms with E-state index in [-0.39, 0.29) is 18.2 Å². The van der Waals surface area contributed by atoms with Crippen molar-refractivity contribution in [3.63, 3.8) is 0 Å². The van der Waals surface area contributed by atoms with Crippen LogP contribution in [0.25, 0.3) is 10.8 Å². The summed E-state index contributed by atoms with van der Waals surface area (Å²) in [6, 6.07) is 14.0. The molecular weight excluding hydrogens is 266 g/mol. The summed E-state index contributed by atoms with van der Waals surface area (Å²) < 4.78 is 0. The van der Waals surface area contributed by atoms with Crippen LogP contribution in [0.2, 0.25) is 0 Å². The van der Waals surface area contributed by atoms with Gasteiger partial charge in [0.25, 0.3) is 0 Å². The Balaban J connectivity index is 1.98. The van der Waals surface area contributed by atoms with E-state index in [9.17, 15) is 9.59 Å². The van der Waals surface area contributed by atoms with Crippen LogP contribution in [0.15, 0.2) is 42.5 Å². The van der Waals surface area contributed by atoms with E-state index in [1.54, 1.807) is 0 Å². The minimum absolute atomic E-state index is 0.0735. The number of aliphatic carboxylic acids is 1. The SMILES string of the molecule is CC(C(=O)NCCCC(=O)O)c1ccc2ccccc2c1. The maximum atomic E-state index is 12.1. The smallest absolute Gasteiger partial charge is 0.303 e. The van der Waals surface area contributed by atoms with Crippen molar-refractivity contribution >= 4 is 22.6 Å². The van der Waals surface area contributed by atoms with Gasteiger partial charge in [-0.3, -0.25) is 9.59 Å².